The SMILES string of the molecule is CCOc1ccc(-c2cn3c(n2)CCC(C(=O)O)C3)cc1. The van der Waals surface area contributed by atoms with E-state index in [0.717, 1.165) is 22.8 Å². The van der Waals surface area contributed by atoms with E-state index < -0.39 is 5.97 Å². The number of carbonyl (C=O) groups is 1. The molecule has 110 valence electrons. The van der Waals surface area contributed by atoms with Gasteiger partial charge in [-0.15, -0.1) is 0 Å². The highest BCUT2D eigenvalue weighted by atomic mass is 16.5. The van der Waals surface area contributed by atoms with E-state index in [9.17, 15) is 4.79 Å². The highest BCUT2D eigenvalue weighted by Crippen LogP contribution is 2.26. The Labute approximate surface area is 123 Å². The van der Waals surface area contributed by atoms with E-state index in [-0.39, 0.29) is 5.92 Å². The smallest absolute Gasteiger partial charge is 0.308 e. The van der Waals surface area contributed by atoms with Crippen LogP contribution in [0.2, 0.25) is 0 Å². The van der Waals surface area contributed by atoms with E-state index in [1.165, 1.54) is 0 Å². The first-order valence-electron chi connectivity index (χ1n) is 7.19. The van der Waals surface area contributed by atoms with Crippen molar-refractivity contribution in [2.45, 2.75) is 26.3 Å². The minimum atomic E-state index is -0.725. The van der Waals surface area contributed by atoms with Crippen LogP contribution in [0, 0.1) is 5.92 Å². The average Bonchev–Trinajstić information content (AvgIpc) is 2.91. The van der Waals surface area contributed by atoms with E-state index in [4.69, 9.17) is 9.84 Å². The monoisotopic (exact) mass is 286 g/mol. The van der Waals surface area contributed by atoms with Crippen molar-refractivity contribution in [3.63, 3.8) is 0 Å². The number of aryl methyl sites for hydroxylation is 1. The Morgan fingerprint density at radius 1 is 1.43 bits per heavy atom. The number of benzene rings is 1. The predicted octanol–water partition coefficient (Wildman–Crippen LogP) is 2.60. The Bertz CT molecular complexity index is 646. The van der Waals surface area contributed by atoms with Crippen molar-refractivity contribution < 1.29 is 14.6 Å². The van der Waals surface area contributed by atoms with Gasteiger partial charge in [-0.25, -0.2) is 4.98 Å². The normalized spacial score (nSPS) is 17.3. The molecule has 21 heavy (non-hydrogen) atoms. The number of nitrogens with zero attached hydrogens (tertiary/aromatic N) is 2. The van der Waals surface area contributed by atoms with Gasteiger partial charge in [0.25, 0.3) is 0 Å². The molecule has 0 aliphatic carbocycles. The largest absolute Gasteiger partial charge is 0.494 e. The van der Waals surface area contributed by atoms with Crippen LogP contribution in [0.1, 0.15) is 19.2 Å². The number of ether oxygens (including phenoxy) is 1. The second kappa shape index (κ2) is 5.60. The molecule has 0 saturated heterocycles. The summed E-state index contributed by atoms with van der Waals surface area (Å²) in [4.78, 5) is 15.7. The number of aromatic nitrogens is 2. The summed E-state index contributed by atoms with van der Waals surface area (Å²) in [5.41, 5.74) is 1.91. The minimum Gasteiger partial charge on any atom is -0.494 e. The fourth-order valence-corrected chi connectivity index (χ4v) is 2.67. The van der Waals surface area contributed by atoms with Crippen molar-refractivity contribution in [1.29, 1.82) is 0 Å². The summed E-state index contributed by atoms with van der Waals surface area (Å²) in [6, 6.07) is 7.82. The third-order valence-electron chi connectivity index (χ3n) is 3.80. The first kappa shape index (κ1) is 13.7. The quantitative estimate of drug-likeness (QED) is 0.938. The molecule has 5 nitrogen and oxygen atoms in total. The lowest BCUT2D eigenvalue weighted by Crippen LogP contribution is -2.26. The number of rotatable bonds is 4. The first-order valence-corrected chi connectivity index (χ1v) is 7.19. The fraction of sp³-hybridized carbons (Fsp3) is 0.375. The van der Waals surface area contributed by atoms with Gasteiger partial charge in [0, 0.05) is 24.7 Å². The number of carboxylic acids is 1. The number of fused-ring (bicyclic) bond motifs is 1. The predicted molar refractivity (Wildman–Crippen MR) is 78.3 cm³/mol. The summed E-state index contributed by atoms with van der Waals surface area (Å²) in [5.74, 6) is 0.782. The van der Waals surface area contributed by atoms with Crippen molar-refractivity contribution in [2.24, 2.45) is 5.92 Å². The third kappa shape index (κ3) is 2.77. The van der Waals surface area contributed by atoms with Crippen LogP contribution >= 0.6 is 0 Å². The van der Waals surface area contributed by atoms with Gasteiger partial charge in [0.05, 0.1) is 18.2 Å². The summed E-state index contributed by atoms with van der Waals surface area (Å²) in [6.07, 6.45) is 3.32. The van der Waals surface area contributed by atoms with Crippen molar-refractivity contribution >= 4 is 5.97 Å². The molecule has 1 aromatic carbocycles. The Balaban J connectivity index is 1.83. The van der Waals surface area contributed by atoms with Crippen LogP contribution < -0.4 is 4.74 Å². The zero-order valence-electron chi connectivity index (χ0n) is 12.0. The van der Waals surface area contributed by atoms with Crippen molar-refractivity contribution in [1.82, 2.24) is 9.55 Å². The van der Waals surface area contributed by atoms with Gasteiger partial charge >= 0.3 is 5.97 Å². The summed E-state index contributed by atoms with van der Waals surface area (Å²) >= 11 is 0. The highest BCUT2D eigenvalue weighted by molar-refractivity contribution is 5.70. The fourth-order valence-electron chi connectivity index (χ4n) is 2.67. The van der Waals surface area contributed by atoms with Crippen LogP contribution in [0.3, 0.4) is 0 Å². The Morgan fingerprint density at radius 3 is 2.86 bits per heavy atom. The van der Waals surface area contributed by atoms with Crippen molar-refractivity contribution in [3.8, 4) is 17.0 Å². The third-order valence-corrected chi connectivity index (χ3v) is 3.80. The lowest BCUT2D eigenvalue weighted by Gasteiger charge is -2.19. The Kier molecular flexibility index (Phi) is 3.64. The molecular formula is C16H18N2O3. The second-order valence-electron chi connectivity index (χ2n) is 5.23. The molecule has 0 saturated carbocycles. The second-order valence-corrected chi connectivity index (χ2v) is 5.23. The van der Waals surface area contributed by atoms with Gasteiger partial charge in [0.1, 0.15) is 11.6 Å². The molecule has 2 aromatic rings. The highest BCUT2D eigenvalue weighted by Gasteiger charge is 2.25. The van der Waals surface area contributed by atoms with Crippen LogP contribution in [0.5, 0.6) is 5.75 Å². The number of hydrogen-bond donors (Lipinski definition) is 1. The average molecular weight is 286 g/mol. The standard InChI is InChI=1S/C16H18N2O3/c1-2-21-13-6-3-11(4-7-13)14-10-18-9-12(16(19)20)5-8-15(18)17-14/h3-4,6-7,10,12H,2,5,8-9H2,1H3,(H,19,20). The van der Waals surface area contributed by atoms with Crippen molar-refractivity contribution in [2.75, 3.05) is 6.61 Å². The van der Waals surface area contributed by atoms with Crippen LogP contribution in [-0.4, -0.2) is 27.2 Å². The van der Waals surface area contributed by atoms with E-state index in [1.807, 2.05) is 42.0 Å². The summed E-state index contributed by atoms with van der Waals surface area (Å²) in [5, 5.41) is 9.12. The van der Waals surface area contributed by atoms with E-state index >= 15 is 0 Å². The molecule has 0 bridgehead atoms. The van der Waals surface area contributed by atoms with Gasteiger partial charge in [-0.3, -0.25) is 4.79 Å². The molecule has 5 heteroatoms. The van der Waals surface area contributed by atoms with Gasteiger partial charge in [-0.1, -0.05) is 0 Å². The first-order chi connectivity index (χ1) is 10.2. The molecule has 1 aliphatic rings. The molecule has 1 aromatic heterocycles. The summed E-state index contributed by atoms with van der Waals surface area (Å²) in [7, 11) is 0. The molecule has 2 heterocycles. The van der Waals surface area contributed by atoms with Crippen LogP contribution in [0.25, 0.3) is 11.3 Å². The number of carboxylic acid groups (broad SMARTS) is 1. The molecule has 0 spiro atoms. The zero-order chi connectivity index (χ0) is 14.8. The van der Waals surface area contributed by atoms with E-state index in [0.29, 0.717) is 26.0 Å². The number of hydrogen-bond acceptors (Lipinski definition) is 3. The molecule has 1 atom stereocenters. The van der Waals surface area contributed by atoms with E-state index in [1.54, 1.807) is 0 Å². The zero-order valence-corrected chi connectivity index (χ0v) is 12.0. The molecule has 3 rings (SSSR count). The molecular weight excluding hydrogens is 268 g/mol. The van der Waals surface area contributed by atoms with Gasteiger partial charge in [0.2, 0.25) is 0 Å². The molecule has 1 unspecified atom stereocenters. The molecule has 0 fully saturated rings. The number of imidazole rings is 1. The summed E-state index contributed by atoms with van der Waals surface area (Å²) < 4.78 is 7.39. The molecule has 1 N–H and O–H groups in total. The minimum absolute atomic E-state index is 0.306. The van der Waals surface area contributed by atoms with Crippen LogP contribution in [-0.2, 0) is 17.8 Å². The topological polar surface area (TPSA) is 64.4 Å². The summed E-state index contributed by atoms with van der Waals surface area (Å²) in [6.45, 7) is 3.11. The lowest BCUT2D eigenvalue weighted by atomic mass is 10.00. The maximum atomic E-state index is 11.1. The van der Waals surface area contributed by atoms with Crippen LogP contribution in [0.15, 0.2) is 30.5 Å². The maximum Gasteiger partial charge on any atom is 0.308 e. The van der Waals surface area contributed by atoms with Gasteiger partial charge < -0.3 is 14.4 Å². The molecule has 1 aliphatic heterocycles. The van der Waals surface area contributed by atoms with Crippen molar-refractivity contribution in [3.05, 3.63) is 36.3 Å². The Morgan fingerprint density at radius 2 is 2.19 bits per heavy atom. The molecule has 0 radical (unpaired) electrons. The molecule has 0 amide bonds. The van der Waals surface area contributed by atoms with E-state index in [2.05, 4.69) is 4.98 Å². The maximum absolute atomic E-state index is 11.1. The Hall–Kier alpha value is -2.30. The van der Waals surface area contributed by atoms with Gasteiger partial charge in [-0.2, -0.15) is 0 Å². The van der Waals surface area contributed by atoms with Crippen LogP contribution in [0.4, 0.5) is 0 Å². The lowest BCUT2D eigenvalue weighted by molar-refractivity contribution is -0.142. The van der Waals surface area contributed by atoms with Gasteiger partial charge in [0.15, 0.2) is 0 Å². The van der Waals surface area contributed by atoms with Gasteiger partial charge in [-0.05, 0) is 37.6 Å². The number of aliphatic carboxylic acids is 1.